The van der Waals surface area contributed by atoms with E-state index in [-0.39, 0.29) is 11.7 Å². The molecule has 0 saturated carbocycles. The molecule has 0 saturated heterocycles. The highest BCUT2D eigenvalue weighted by Crippen LogP contribution is 2.24. The molecule has 0 unspecified atom stereocenters. The van der Waals surface area contributed by atoms with Gasteiger partial charge in [0.25, 0.3) is 5.91 Å². The molecule has 0 aliphatic rings. The van der Waals surface area contributed by atoms with Gasteiger partial charge in [-0.15, -0.1) is 0 Å². The minimum absolute atomic E-state index is 0.137. The summed E-state index contributed by atoms with van der Waals surface area (Å²) in [7, 11) is 3.96. The van der Waals surface area contributed by atoms with Crippen LogP contribution >= 0.6 is 11.6 Å². The molecule has 1 aromatic heterocycles. The van der Waals surface area contributed by atoms with E-state index in [2.05, 4.69) is 0 Å². The largest absolute Gasteiger partial charge is 0.332 e. The van der Waals surface area contributed by atoms with Crippen molar-refractivity contribution >= 4 is 17.5 Å². The molecule has 1 heterocycles. The fourth-order valence-electron chi connectivity index (χ4n) is 3.61. The average molecular weight is 477 g/mol. The minimum Gasteiger partial charge on any atom is -0.332 e. The minimum atomic E-state index is -0.324. The third-order valence-corrected chi connectivity index (χ3v) is 5.71. The average Bonchev–Trinajstić information content (AvgIpc) is 3.28. The summed E-state index contributed by atoms with van der Waals surface area (Å²) in [5, 5.41) is 5.31. The van der Waals surface area contributed by atoms with Gasteiger partial charge in [-0.2, -0.15) is 5.10 Å². The van der Waals surface area contributed by atoms with Crippen LogP contribution in [0.1, 0.15) is 16.1 Å². The first-order chi connectivity index (χ1) is 16.4. The Morgan fingerprint density at radius 3 is 2.26 bits per heavy atom. The molecule has 5 nitrogen and oxygen atoms in total. The van der Waals surface area contributed by atoms with Gasteiger partial charge in [-0.05, 0) is 74.3 Å². The highest BCUT2D eigenvalue weighted by Gasteiger charge is 2.23. The van der Waals surface area contributed by atoms with E-state index in [0.717, 1.165) is 17.7 Å². The summed E-state index contributed by atoms with van der Waals surface area (Å²) in [6.07, 6.45) is 0. The first kappa shape index (κ1) is 23.7. The van der Waals surface area contributed by atoms with E-state index in [9.17, 15) is 9.18 Å². The summed E-state index contributed by atoms with van der Waals surface area (Å²) in [5.74, 6) is -0.462. The van der Waals surface area contributed by atoms with Gasteiger partial charge in [0.05, 0.1) is 11.4 Å². The zero-order chi connectivity index (χ0) is 24.1. The Bertz CT molecular complexity index is 1240. The summed E-state index contributed by atoms with van der Waals surface area (Å²) in [6.45, 7) is 1.75. The van der Waals surface area contributed by atoms with E-state index in [1.165, 1.54) is 12.1 Å². The molecule has 7 heteroatoms. The quantitative estimate of drug-likeness (QED) is 0.335. The zero-order valence-corrected chi connectivity index (χ0v) is 19.9. The number of rotatable bonds is 8. The van der Waals surface area contributed by atoms with Crippen LogP contribution < -0.4 is 0 Å². The maximum Gasteiger partial charge on any atom is 0.272 e. The molecular formula is C27H26ClFN4O. The Morgan fingerprint density at radius 1 is 0.941 bits per heavy atom. The third-order valence-electron chi connectivity index (χ3n) is 5.46. The molecule has 4 aromatic rings. The van der Waals surface area contributed by atoms with Gasteiger partial charge in [-0.1, -0.05) is 41.9 Å². The summed E-state index contributed by atoms with van der Waals surface area (Å²) < 4.78 is 15.1. The Labute approximate surface area is 204 Å². The second kappa shape index (κ2) is 10.6. The molecule has 3 aromatic carbocycles. The second-order valence-corrected chi connectivity index (χ2v) is 8.76. The standard InChI is InChI=1S/C27H26ClFN4O/c1-31(2)16-17-32(19-20-6-4-3-5-7-20)27(34)26-18-25(21-8-12-23(29)13-9-21)30-33(26)24-14-10-22(28)11-15-24/h3-15,18H,16-17,19H2,1-2H3. The molecule has 0 atom stereocenters. The van der Waals surface area contributed by atoms with E-state index in [1.54, 1.807) is 35.0 Å². The van der Waals surface area contributed by atoms with Gasteiger partial charge in [0.15, 0.2) is 0 Å². The van der Waals surface area contributed by atoms with E-state index in [1.807, 2.05) is 66.4 Å². The summed E-state index contributed by atoms with van der Waals surface area (Å²) in [6, 6.07) is 24.9. The maximum absolute atomic E-state index is 13.9. The molecule has 4 rings (SSSR count). The molecular weight excluding hydrogens is 451 g/mol. The topological polar surface area (TPSA) is 41.4 Å². The third kappa shape index (κ3) is 5.71. The lowest BCUT2D eigenvalue weighted by Crippen LogP contribution is -2.37. The number of benzene rings is 3. The van der Waals surface area contributed by atoms with E-state index in [4.69, 9.17) is 16.7 Å². The summed E-state index contributed by atoms with van der Waals surface area (Å²) in [5.41, 5.74) is 3.51. The van der Waals surface area contributed by atoms with Crippen molar-refractivity contribution in [1.82, 2.24) is 19.6 Å². The van der Waals surface area contributed by atoms with Crippen LogP contribution in [-0.4, -0.2) is 52.7 Å². The summed E-state index contributed by atoms with van der Waals surface area (Å²) in [4.78, 5) is 17.8. The molecule has 0 fully saturated rings. The number of amides is 1. The van der Waals surface area contributed by atoms with Crippen LogP contribution in [0.15, 0.2) is 84.9 Å². The van der Waals surface area contributed by atoms with Gasteiger partial charge in [0, 0.05) is 30.2 Å². The van der Waals surface area contributed by atoms with Crippen LogP contribution in [0.5, 0.6) is 0 Å². The number of aromatic nitrogens is 2. The molecule has 0 radical (unpaired) electrons. The van der Waals surface area contributed by atoms with E-state index >= 15 is 0 Å². The van der Waals surface area contributed by atoms with Crippen LogP contribution in [0.4, 0.5) is 4.39 Å². The van der Waals surface area contributed by atoms with Gasteiger partial charge in [0.1, 0.15) is 11.5 Å². The second-order valence-electron chi connectivity index (χ2n) is 8.33. The van der Waals surface area contributed by atoms with Crippen molar-refractivity contribution < 1.29 is 9.18 Å². The van der Waals surface area contributed by atoms with Crippen molar-refractivity contribution in [2.24, 2.45) is 0 Å². The molecule has 0 aliphatic heterocycles. The normalized spacial score (nSPS) is 11.1. The molecule has 0 bridgehead atoms. The number of carbonyl (C=O) groups is 1. The lowest BCUT2D eigenvalue weighted by Gasteiger charge is -2.25. The molecule has 0 N–H and O–H groups in total. The van der Waals surface area contributed by atoms with Crippen LogP contribution in [0, 0.1) is 5.82 Å². The number of hydrogen-bond acceptors (Lipinski definition) is 3. The summed E-state index contributed by atoms with van der Waals surface area (Å²) >= 11 is 6.08. The Balaban J connectivity index is 1.76. The van der Waals surface area contributed by atoms with Gasteiger partial charge >= 0.3 is 0 Å². The number of halogens is 2. The van der Waals surface area contributed by atoms with Crippen molar-refractivity contribution in [3.05, 3.63) is 107 Å². The van der Waals surface area contributed by atoms with Crippen LogP contribution in [0.3, 0.4) is 0 Å². The number of likely N-dealkylation sites (N-methyl/N-ethyl adjacent to an activating group) is 1. The zero-order valence-electron chi connectivity index (χ0n) is 19.2. The predicted molar refractivity (Wildman–Crippen MR) is 134 cm³/mol. The van der Waals surface area contributed by atoms with Gasteiger partial charge < -0.3 is 9.80 Å². The van der Waals surface area contributed by atoms with E-state index < -0.39 is 0 Å². The molecule has 1 amide bonds. The van der Waals surface area contributed by atoms with Crippen LogP contribution in [-0.2, 0) is 6.54 Å². The van der Waals surface area contributed by atoms with Crippen molar-refractivity contribution in [3.8, 4) is 16.9 Å². The molecule has 174 valence electrons. The highest BCUT2D eigenvalue weighted by molar-refractivity contribution is 6.30. The number of hydrogen-bond donors (Lipinski definition) is 0. The molecule has 0 aliphatic carbocycles. The lowest BCUT2D eigenvalue weighted by molar-refractivity contribution is 0.0722. The highest BCUT2D eigenvalue weighted by atomic mass is 35.5. The van der Waals surface area contributed by atoms with Gasteiger partial charge in [0.2, 0.25) is 0 Å². The number of carbonyl (C=O) groups excluding carboxylic acids is 1. The molecule has 0 spiro atoms. The maximum atomic E-state index is 13.9. The van der Waals surface area contributed by atoms with Gasteiger partial charge in [-0.25, -0.2) is 9.07 Å². The van der Waals surface area contributed by atoms with E-state index in [0.29, 0.717) is 35.2 Å². The monoisotopic (exact) mass is 476 g/mol. The van der Waals surface area contributed by atoms with Crippen LogP contribution in [0.25, 0.3) is 16.9 Å². The van der Waals surface area contributed by atoms with Crippen molar-refractivity contribution in [2.45, 2.75) is 6.54 Å². The Kier molecular flexibility index (Phi) is 7.40. The SMILES string of the molecule is CN(C)CCN(Cc1ccccc1)C(=O)c1cc(-c2ccc(F)cc2)nn1-c1ccc(Cl)cc1. The Morgan fingerprint density at radius 2 is 1.62 bits per heavy atom. The fourth-order valence-corrected chi connectivity index (χ4v) is 3.74. The van der Waals surface area contributed by atoms with Crippen molar-refractivity contribution in [3.63, 3.8) is 0 Å². The number of nitrogens with zero attached hydrogens (tertiary/aromatic N) is 4. The predicted octanol–water partition coefficient (Wildman–Crippen LogP) is 5.54. The molecule has 34 heavy (non-hydrogen) atoms. The first-order valence-electron chi connectivity index (χ1n) is 11.0. The first-order valence-corrected chi connectivity index (χ1v) is 11.4. The Hall–Kier alpha value is -3.48. The smallest absolute Gasteiger partial charge is 0.272 e. The van der Waals surface area contributed by atoms with Crippen molar-refractivity contribution in [1.29, 1.82) is 0 Å². The fraction of sp³-hybridized carbons (Fsp3) is 0.185. The lowest BCUT2D eigenvalue weighted by atomic mass is 10.1. The van der Waals surface area contributed by atoms with Crippen molar-refractivity contribution in [2.75, 3.05) is 27.2 Å². The van der Waals surface area contributed by atoms with Crippen LogP contribution in [0.2, 0.25) is 5.02 Å². The van der Waals surface area contributed by atoms with Gasteiger partial charge in [-0.3, -0.25) is 4.79 Å².